The van der Waals surface area contributed by atoms with Crippen LogP contribution in [0.1, 0.15) is 5.56 Å². The van der Waals surface area contributed by atoms with Crippen LogP contribution in [0.3, 0.4) is 0 Å². The molecule has 2 N–H and O–H groups in total. The highest BCUT2D eigenvalue weighted by Gasteiger charge is 2.24. The van der Waals surface area contributed by atoms with Crippen LogP contribution in [0.25, 0.3) is 0 Å². The molecule has 0 aliphatic carbocycles. The summed E-state index contributed by atoms with van der Waals surface area (Å²) in [5.74, 6) is 0.743. The summed E-state index contributed by atoms with van der Waals surface area (Å²) >= 11 is 0. The smallest absolute Gasteiger partial charge is 0.0270 e. The third-order valence-electron chi connectivity index (χ3n) is 2.83. The van der Waals surface area contributed by atoms with E-state index in [0.29, 0.717) is 0 Å². The monoisotopic (exact) mass is 191 g/mol. The molecule has 0 spiro atoms. The summed E-state index contributed by atoms with van der Waals surface area (Å²) in [6, 6.07) is 4.17. The molecule has 76 valence electrons. The van der Waals surface area contributed by atoms with Gasteiger partial charge in [-0.15, -0.1) is 0 Å². The van der Waals surface area contributed by atoms with Crippen molar-refractivity contribution < 1.29 is 0 Å². The highest BCUT2D eigenvalue weighted by atomic mass is 15.2. The van der Waals surface area contributed by atoms with Crippen molar-refractivity contribution in [3.8, 4) is 0 Å². The number of hydrogen-bond donors (Lipinski definition) is 1. The molecular weight excluding hydrogens is 174 g/mol. The van der Waals surface area contributed by atoms with E-state index >= 15 is 0 Å². The predicted molar refractivity (Wildman–Crippen MR) is 56.9 cm³/mol. The molecule has 3 heteroatoms. The van der Waals surface area contributed by atoms with Gasteiger partial charge in [0, 0.05) is 32.0 Å². The van der Waals surface area contributed by atoms with E-state index in [-0.39, 0.29) is 0 Å². The predicted octanol–water partition coefficient (Wildman–Crippen LogP) is 0.515. The molecule has 0 bridgehead atoms. The maximum Gasteiger partial charge on any atom is 0.0270 e. The van der Waals surface area contributed by atoms with Crippen LogP contribution in [0.2, 0.25) is 0 Å². The van der Waals surface area contributed by atoms with E-state index in [0.717, 1.165) is 25.4 Å². The van der Waals surface area contributed by atoms with Crippen LogP contribution in [-0.2, 0) is 6.42 Å². The van der Waals surface area contributed by atoms with Gasteiger partial charge in [-0.25, -0.2) is 0 Å². The number of nitrogens with zero attached hydrogens (tertiary/aromatic N) is 2. The lowest BCUT2D eigenvalue weighted by molar-refractivity contribution is 0.108. The molecule has 0 saturated carbocycles. The lowest BCUT2D eigenvalue weighted by Gasteiger charge is -2.38. The molecule has 1 fully saturated rings. The Labute approximate surface area is 84.9 Å². The number of rotatable bonds is 4. The molecule has 2 heterocycles. The fourth-order valence-corrected chi connectivity index (χ4v) is 1.85. The van der Waals surface area contributed by atoms with E-state index in [1.165, 1.54) is 18.7 Å². The second kappa shape index (κ2) is 4.53. The molecule has 1 aliphatic heterocycles. The first-order valence-corrected chi connectivity index (χ1v) is 5.20. The third-order valence-corrected chi connectivity index (χ3v) is 2.83. The molecule has 0 unspecified atom stereocenters. The van der Waals surface area contributed by atoms with Crippen molar-refractivity contribution in [3.05, 3.63) is 30.1 Å². The Morgan fingerprint density at radius 1 is 1.36 bits per heavy atom. The standard InChI is InChI=1S/C11H17N3/c12-7-11-8-14(9-11)6-3-10-1-4-13-5-2-10/h1-2,4-5,11H,3,6-9,12H2. The van der Waals surface area contributed by atoms with Crippen LogP contribution < -0.4 is 5.73 Å². The summed E-state index contributed by atoms with van der Waals surface area (Å²) in [6.07, 6.45) is 4.84. The van der Waals surface area contributed by atoms with Crippen molar-refractivity contribution in [3.63, 3.8) is 0 Å². The third kappa shape index (κ3) is 2.30. The van der Waals surface area contributed by atoms with Gasteiger partial charge >= 0.3 is 0 Å². The van der Waals surface area contributed by atoms with Gasteiger partial charge in [-0.3, -0.25) is 4.98 Å². The van der Waals surface area contributed by atoms with Crippen LogP contribution in [0.15, 0.2) is 24.5 Å². The van der Waals surface area contributed by atoms with Crippen molar-refractivity contribution >= 4 is 0 Å². The Bertz CT molecular complexity index is 267. The maximum atomic E-state index is 5.57. The molecule has 0 aromatic carbocycles. The fourth-order valence-electron chi connectivity index (χ4n) is 1.85. The first-order chi connectivity index (χ1) is 6.88. The largest absolute Gasteiger partial charge is 0.330 e. The van der Waals surface area contributed by atoms with Crippen LogP contribution in [-0.4, -0.2) is 36.1 Å². The van der Waals surface area contributed by atoms with Crippen molar-refractivity contribution in [2.24, 2.45) is 11.7 Å². The zero-order chi connectivity index (χ0) is 9.80. The quantitative estimate of drug-likeness (QED) is 0.754. The lowest BCUT2D eigenvalue weighted by Crippen LogP contribution is -2.50. The lowest BCUT2D eigenvalue weighted by atomic mass is 10.00. The highest BCUT2D eigenvalue weighted by Crippen LogP contribution is 2.14. The summed E-state index contributed by atoms with van der Waals surface area (Å²) < 4.78 is 0. The van der Waals surface area contributed by atoms with Gasteiger partial charge in [0.1, 0.15) is 0 Å². The molecule has 1 aromatic rings. The first kappa shape index (κ1) is 9.62. The highest BCUT2D eigenvalue weighted by molar-refractivity contribution is 5.10. The molecular formula is C11H17N3. The molecule has 1 aromatic heterocycles. The SMILES string of the molecule is NCC1CN(CCc2ccncc2)C1. The molecule has 14 heavy (non-hydrogen) atoms. The fraction of sp³-hybridized carbons (Fsp3) is 0.545. The number of hydrogen-bond acceptors (Lipinski definition) is 3. The second-order valence-electron chi connectivity index (χ2n) is 3.97. The van der Waals surface area contributed by atoms with Gasteiger partial charge < -0.3 is 10.6 Å². The molecule has 0 atom stereocenters. The summed E-state index contributed by atoms with van der Waals surface area (Å²) in [5, 5.41) is 0. The Kier molecular flexibility index (Phi) is 3.11. The minimum atomic E-state index is 0.743. The Morgan fingerprint density at radius 2 is 2.07 bits per heavy atom. The van der Waals surface area contributed by atoms with Gasteiger partial charge in [-0.1, -0.05) is 0 Å². The first-order valence-electron chi connectivity index (χ1n) is 5.20. The summed E-state index contributed by atoms with van der Waals surface area (Å²) in [4.78, 5) is 6.46. The van der Waals surface area contributed by atoms with Crippen molar-refractivity contribution in [1.29, 1.82) is 0 Å². The van der Waals surface area contributed by atoms with Gasteiger partial charge in [-0.2, -0.15) is 0 Å². The van der Waals surface area contributed by atoms with Gasteiger partial charge in [0.2, 0.25) is 0 Å². The van der Waals surface area contributed by atoms with Crippen LogP contribution in [0.5, 0.6) is 0 Å². The number of likely N-dealkylation sites (tertiary alicyclic amines) is 1. The maximum absolute atomic E-state index is 5.57. The molecule has 0 amide bonds. The van der Waals surface area contributed by atoms with E-state index in [2.05, 4.69) is 22.0 Å². The average molecular weight is 191 g/mol. The van der Waals surface area contributed by atoms with E-state index in [1.807, 2.05) is 12.4 Å². The molecule has 1 saturated heterocycles. The van der Waals surface area contributed by atoms with Crippen LogP contribution in [0, 0.1) is 5.92 Å². The number of nitrogens with two attached hydrogens (primary N) is 1. The molecule has 0 radical (unpaired) electrons. The van der Waals surface area contributed by atoms with Gasteiger partial charge in [0.05, 0.1) is 0 Å². The van der Waals surface area contributed by atoms with E-state index < -0.39 is 0 Å². The van der Waals surface area contributed by atoms with E-state index in [4.69, 9.17) is 5.73 Å². The Balaban J connectivity index is 1.69. The molecule has 1 aliphatic rings. The second-order valence-corrected chi connectivity index (χ2v) is 3.97. The van der Waals surface area contributed by atoms with Gasteiger partial charge in [0.15, 0.2) is 0 Å². The topological polar surface area (TPSA) is 42.1 Å². The zero-order valence-corrected chi connectivity index (χ0v) is 8.39. The van der Waals surface area contributed by atoms with Gasteiger partial charge in [-0.05, 0) is 36.6 Å². The molecule has 3 nitrogen and oxygen atoms in total. The number of pyridine rings is 1. The molecule has 2 rings (SSSR count). The number of aromatic nitrogens is 1. The van der Waals surface area contributed by atoms with E-state index in [9.17, 15) is 0 Å². The minimum absolute atomic E-state index is 0.743. The summed E-state index contributed by atoms with van der Waals surface area (Å²) in [6.45, 7) is 4.36. The van der Waals surface area contributed by atoms with Crippen molar-refractivity contribution in [2.45, 2.75) is 6.42 Å². The van der Waals surface area contributed by atoms with Crippen molar-refractivity contribution in [2.75, 3.05) is 26.2 Å². The average Bonchev–Trinajstić information content (AvgIpc) is 2.17. The van der Waals surface area contributed by atoms with Gasteiger partial charge in [0.25, 0.3) is 0 Å². The summed E-state index contributed by atoms with van der Waals surface area (Å²) in [7, 11) is 0. The normalized spacial score (nSPS) is 18.1. The zero-order valence-electron chi connectivity index (χ0n) is 8.39. The Morgan fingerprint density at radius 3 is 2.71 bits per heavy atom. The summed E-state index contributed by atoms with van der Waals surface area (Å²) in [5.41, 5.74) is 6.94. The minimum Gasteiger partial charge on any atom is -0.330 e. The van der Waals surface area contributed by atoms with Crippen molar-refractivity contribution in [1.82, 2.24) is 9.88 Å². The van der Waals surface area contributed by atoms with Crippen LogP contribution >= 0.6 is 0 Å². The van der Waals surface area contributed by atoms with Crippen LogP contribution in [0.4, 0.5) is 0 Å². The Hall–Kier alpha value is -0.930. The van der Waals surface area contributed by atoms with E-state index in [1.54, 1.807) is 0 Å².